The van der Waals surface area contributed by atoms with E-state index in [0.717, 1.165) is 18.7 Å². The third kappa shape index (κ3) is 2.89. The fourth-order valence-electron chi connectivity index (χ4n) is 2.10. The fraction of sp³-hybridized carbons (Fsp3) is 0.500. The lowest BCUT2D eigenvalue weighted by molar-refractivity contribution is -0.126. The van der Waals surface area contributed by atoms with E-state index < -0.39 is 0 Å². The predicted molar refractivity (Wildman–Crippen MR) is 72.4 cm³/mol. The summed E-state index contributed by atoms with van der Waals surface area (Å²) in [5, 5.41) is 6.22. The van der Waals surface area contributed by atoms with Crippen LogP contribution in [0.5, 0.6) is 0 Å². The second kappa shape index (κ2) is 5.50. The van der Waals surface area contributed by atoms with Gasteiger partial charge in [-0.1, -0.05) is 29.8 Å². The molecule has 1 aliphatic rings. The van der Waals surface area contributed by atoms with E-state index in [1.807, 2.05) is 43.3 Å². The van der Waals surface area contributed by atoms with E-state index in [2.05, 4.69) is 17.6 Å². The van der Waals surface area contributed by atoms with Gasteiger partial charge in [-0.05, 0) is 26.6 Å². The second-order valence-corrected chi connectivity index (χ2v) is 5.14. The minimum absolute atomic E-state index is 0.0790. The first-order valence-electron chi connectivity index (χ1n) is 6.32. The van der Waals surface area contributed by atoms with E-state index >= 15 is 0 Å². The van der Waals surface area contributed by atoms with Crippen molar-refractivity contribution in [2.24, 2.45) is 0 Å². The first kappa shape index (κ1) is 13.1. The average Bonchev–Trinajstić information content (AvgIpc) is 2.26. The first-order valence-corrected chi connectivity index (χ1v) is 6.32. The average molecular weight is 247 g/mol. The molecule has 4 heteroatoms. The quantitative estimate of drug-likeness (QED) is 0.822. The van der Waals surface area contributed by atoms with Crippen LogP contribution in [0.25, 0.3) is 0 Å². The second-order valence-electron chi connectivity index (χ2n) is 5.14. The van der Waals surface area contributed by atoms with Gasteiger partial charge in [-0.2, -0.15) is 0 Å². The number of amides is 1. The van der Waals surface area contributed by atoms with Crippen LogP contribution in [0.3, 0.4) is 0 Å². The molecule has 1 unspecified atom stereocenters. The molecule has 1 aromatic rings. The molecule has 1 heterocycles. The maximum absolute atomic E-state index is 12.3. The Bertz CT molecular complexity index is 410. The number of nitrogens with zero attached hydrogens (tertiary/aromatic N) is 1. The molecular formula is C14H21N3O. The van der Waals surface area contributed by atoms with Crippen LogP contribution in [0.15, 0.2) is 24.3 Å². The molecule has 1 atom stereocenters. The molecule has 0 spiro atoms. The Balaban J connectivity index is 2.11. The van der Waals surface area contributed by atoms with Crippen molar-refractivity contribution in [2.45, 2.75) is 19.0 Å². The van der Waals surface area contributed by atoms with Gasteiger partial charge < -0.3 is 10.6 Å². The van der Waals surface area contributed by atoms with E-state index in [-0.39, 0.29) is 18.0 Å². The Morgan fingerprint density at radius 2 is 1.94 bits per heavy atom. The lowest BCUT2D eigenvalue weighted by atomic mass is 10.0. The smallest absolute Gasteiger partial charge is 0.242 e. The van der Waals surface area contributed by atoms with Crippen LogP contribution in [0.4, 0.5) is 0 Å². The third-order valence-corrected chi connectivity index (χ3v) is 3.29. The van der Waals surface area contributed by atoms with Gasteiger partial charge in [-0.3, -0.25) is 9.69 Å². The zero-order valence-corrected chi connectivity index (χ0v) is 11.2. The zero-order chi connectivity index (χ0) is 13.1. The number of hydrogen-bond acceptors (Lipinski definition) is 3. The van der Waals surface area contributed by atoms with Crippen molar-refractivity contribution in [2.75, 3.05) is 27.2 Å². The number of benzene rings is 1. The molecule has 1 aliphatic heterocycles. The number of aryl methyl sites for hydroxylation is 1. The molecule has 0 radical (unpaired) electrons. The van der Waals surface area contributed by atoms with E-state index in [9.17, 15) is 4.79 Å². The van der Waals surface area contributed by atoms with Crippen LogP contribution >= 0.6 is 0 Å². The Morgan fingerprint density at radius 3 is 2.39 bits per heavy atom. The topological polar surface area (TPSA) is 44.4 Å². The molecule has 1 amide bonds. The molecule has 0 bridgehead atoms. The number of carbonyl (C=O) groups excluding carboxylic acids is 1. The molecule has 4 nitrogen and oxygen atoms in total. The number of hydrogen-bond donors (Lipinski definition) is 2. The summed E-state index contributed by atoms with van der Waals surface area (Å²) in [5.41, 5.74) is 2.25. The van der Waals surface area contributed by atoms with Crippen molar-refractivity contribution in [1.82, 2.24) is 15.5 Å². The maximum atomic E-state index is 12.3. The van der Waals surface area contributed by atoms with Gasteiger partial charge in [-0.15, -0.1) is 0 Å². The summed E-state index contributed by atoms with van der Waals surface area (Å²) in [5.74, 6) is 0.0790. The van der Waals surface area contributed by atoms with Crippen LogP contribution < -0.4 is 10.6 Å². The highest BCUT2D eigenvalue weighted by molar-refractivity contribution is 5.83. The van der Waals surface area contributed by atoms with Crippen LogP contribution in [0.1, 0.15) is 17.2 Å². The molecule has 0 saturated carbocycles. The fourth-order valence-corrected chi connectivity index (χ4v) is 2.10. The van der Waals surface area contributed by atoms with Gasteiger partial charge in [-0.25, -0.2) is 0 Å². The van der Waals surface area contributed by atoms with Crippen molar-refractivity contribution in [1.29, 1.82) is 0 Å². The van der Waals surface area contributed by atoms with Gasteiger partial charge in [0.25, 0.3) is 0 Å². The van der Waals surface area contributed by atoms with Crippen LogP contribution in [-0.2, 0) is 4.79 Å². The van der Waals surface area contributed by atoms with Gasteiger partial charge in [0.05, 0.1) is 6.04 Å². The van der Waals surface area contributed by atoms with Crippen molar-refractivity contribution in [3.63, 3.8) is 0 Å². The summed E-state index contributed by atoms with van der Waals surface area (Å²) in [6, 6.07) is 8.21. The SMILES string of the molecule is Cc1ccc(C(C(=O)NC2CNC2)N(C)C)cc1. The van der Waals surface area contributed by atoms with Crippen molar-refractivity contribution >= 4 is 5.91 Å². The highest BCUT2D eigenvalue weighted by Crippen LogP contribution is 2.19. The standard InChI is InChI=1S/C14H21N3O/c1-10-4-6-11(7-5-10)13(17(2)3)14(18)16-12-8-15-9-12/h4-7,12-13,15H,8-9H2,1-3H3,(H,16,18). The molecule has 18 heavy (non-hydrogen) atoms. The minimum Gasteiger partial charge on any atom is -0.349 e. The molecule has 1 saturated heterocycles. The van der Waals surface area contributed by atoms with Crippen LogP contribution in [-0.4, -0.2) is 44.0 Å². The Kier molecular flexibility index (Phi) is 3.99. The predicted octanol–water partition coefficient (Wildman–Crippen LogP) is 0.686. The van der Waals surface area contributed by atoms with E-state index in [0.29, 0.717) is 0 Å². The van der Waals surface area contributed by atoms with Gasteiger partial charge in [0, 0.05) is 13.1 Å². The molecule has 1 aromatic carbocycles. The summed E-state index contributed by atoms with van der Waals surface area (Å²) < 4.78 is 0. The summed E-state index contributed by atoms with van der Waals surface area (Å²) in [7, 11) is 3.87. The Labute approximate surface area is 108 Å². The molecule has 2 N–H and O–H groups in total. The van der Waals surface area contributed by atoms with Crippen molar-refractivity contribution in [3.8, 4) is 0 Å². The van der Waals surface area contributed by atoms with Crippen molar-refractivity contribution in [3.05, 3.63) is 35.4 Å². The highest BCUT2D eigenvalue weighted by Gasteiger charge is 2.27. The van der Waals surface area contributed by atoms with Crippen LogP contribution in [0, 0.1) is 6.92 Å². The van der Waals surface area contributed by atoms with Gasteiger partial charge in [0.1, 0.15) is 6.04 Å². The lowest BCUT2D eigenvalue weighted by Crippen LogP contribution is -2.58. The largest absolute Gasteiger partial charge is 0.349 e. The molecule has 1 fully saturated rings. The Hall–Kier alpha value is -1.39. The minimum atomic E-state index is -0.216. The number of carbonyl (C=O) groups is 1. The Morgan fingerprint density at radius 1 is 1.33 bits per heavy atom. The first-order chi connectivity index (χ1) is 8.58. The summed E-state index contributed by atoms with van der Waals surface area (Å²) in [4.78, 5) is 14.2. The zero-order valence-electron chi connectivity index (χ0n) is 11.2. The third-order valence-electron chi connectivity index (χ3n) is 3.29. The molecule has 0 aromatic heterocycles. The summed E-state index contributed by atoms with van der Waals surface area (Å²) >= 11 is 0. The van der Waals surface area contributed by atoms with Crippen LogP contribution in [0.2, 0.25) is 0 Å². The van der Waals surface area contributed by atoms with Gasteiger partial charge in [0.15, 0.2) is 0 Å². The number of likely N-dealkylation sites (N-methyl/N-ethyl adjacent to an activating group) is 1. The number of rotatable bonds is 4. The maximum Gasteiger partial charge on any atom is 0.242 e. The molecule has 98 valence electrons. The number of nitrogens with one attached hydrogen (secondary N) is 2. The summed E-state index contributed by atoms with van der Waals surface area (Å²) in [6.45, 7) is 3.80. The molecule has 2 rings (SSSR count). The summed E-state index contributed by atoms with van der Waals surface area (Å²) in [6.07, 6.45) is 0. The van der Waals surface area contributed by atoms with Gasteiger partial charge >= 0.3 is 0 Å². The van der Waals surface area contributed by atoms with Crippen molar-refractivity contribution < 1.29 is 4.79 Å². The normalized spacial score (nSPS) is 17.3. The lowest BCUT2D eigenvalue weighted by Gasteiger charge is -2.31. The molecule has 0 aliphatic carbocycles. The van der Waals surface area contributed by atoms with E-state index in [4.69, 9.17) is 0 Å². The highest BCUT2D eigenvalue weighted by atomic mass is 16.2. The molecular weight excluding hydrogens is 226 g/mol. The monoisotopic (exact) mass is 247 g/mol. The van der Waals surface area contributed by atoms with Gasteiger partial charge in [0.2, 0.25) is 5.91 Å². The van der Waals surface area contributed by atoms with E-state index in [1.54, 1.807) is 0 Å². The van der Waals surface area contributed by atoms with E-state index in [1.165, 1.54) is 5.56 Å².